The third-order valence-electron chi connectivity index (χ3n) is 13.3. The number of nitrogens with zero attached hydrogens (tertiary/aromatic N) is 2. The molecule has 2 nitrogen and oxygen atoms in total. The second kappa shape index (κ2) is 12.4. The minimum atomic E-state index is -0.00111. The number of benzene rings is 9. The zero-order valence-corrected chi connectivity index (χ0v) is 32.6. The number of hydrogen-bond acceptors (Lipinski definition) is 2. The van der Waals surface area contributed by atoms with Gasteiger partial charge in [-0.3, -0.25) is 0 Å². The van der Waals surface area contributed by atoms with E-state index in [1.165, 1.54) is 117 Å². The van der Waals surface area contributed by atoms with Crippen LogP contribution in [-0.4, -0.2) is 13.7 Å². The molecule has 0 saturated heterocycles. The van der Waals surface area contributed by atoms with E-state index in [4.69, 9.17) is 0 Å². The van der Waals surface area contributed by atoms with Gasteiger partial charge >= 0.3 is 13.7 Å². The summed E-state index contributed by atoms with van der Waals surface area (Å²) in [6.07, 6.45) is 0. The van der Waals surface area contributed by atoms with Crippen molar-refractivity contribution in [1.29, 1.82) is 0 Å². The molecule has 0 fully saturated rings. The zero-order chi connectivity index (χ0) is 38.8. The van der Waals surface area contributed by atoms with Gasteiger partial charge in [-0.25, -0.2) is 0 Å². The third kappa shape index (κ3) is 4.66. The zero-order valence-electron chi connectivity index (χ0n) is 32.6. The lowest BCUT2D eigenvalue weighted by Crippen LogP contribution is -2.65. The fourth-order valence-corrected chi connectivity index (χ4v) is 10.7. The molecular weight excluding hydrogens is 710 g/mol. The molecule has 0 unspecified atom stereocenters. The first kappa shape index (κ1) is 32.8. The maximum atomic E-state index is 2.66. The summed E-state index contributed by atoms with van der Waals surface area (Å²) in [6, 6.07) is 75.1. The standard InChI is InChI=1S/C55H36B2N2/c1-35-23-27-46-42(31-35)44-33-40(37-15-7-3-8-16-37)25-29-50(44)58-52-21-12-20-49-55(52)54-48(56(46)58)19-11-22-53(54)59-51-30-26-41(38-17-9-4-10-18-38)34-45(51)43-32-39(24-28-47(43)57(49)59)36-13-5-2-6-14-36/h2-34H,1H3. The summed E-state index contributed by atoms with van der Waals surface area (Å²) in [7, 11) is 0. The summed E-state index contributed by atoms with van der Waals surface area (Å²) in [5.74, 6) is 0. The highest BCUT2D eigenvalue weighted by atomic mass is 15.1. The molecule has 13 rings (SSSR count). The van der Waals surface area contributed by atoms with Gasteiger partial charge in [0.1, 0.15) is 0 Å². The molecule has 9 aromatic carbocycles. The van der Waals surface area contributed by atoms with Crippen LogP contribution in [0.2, 0.25) is 0 Å². The van der Waals surface area contributed by atoms with Crippen LogP contribution in [0.5, 0.6) is 0 Å². The van der Waals surface area contributed by atoms with E-state index in [0.717, 1.165) is 0 Å². The predicted molar refractivity (Wildman–Crippen MR) is 251 cm³/mol. The fourth-order valence-electron chi connectivity index (χ4n) is 10.7. The van der Waals surface area contributed by atoms with E-state index in [-0.39, 0.29) is 13.7 Å². The van der Waals surface area contributed by atoms with Crippen molar-refractivity contribution in [2.24, 2.45) is 0 Å². The summed E-state index contributed by atoms with van der Waals surface area (Å²) in [5.41, 5.74) is 27.0. The van der Waals surface area contributed by atoms with Crippen molar-refractivity contribution in [3.05, 3.63) is 206 Å². The number of fused-ring (bicyclic) bond motifs is 16. The van der Waals surface area contributed by atoms with Gasteiger partial charge in [-0.2, -0.15) is 0 Å². The van der Waals surface area contributed by atoms with E-state index < -0.39 is 0 Å². The number of rotatable bonds is 3. The van der Waals surface area contributed by atoms with E-state index in [1.807, 2.05) is 0 Å². The molecule has 4 aliphatic rings. The topological polar surface area (TPSA) is 6.48 Å². The van der Waals surface area contributed by atoms with Crippen LogP contribution < -0.4 is 31.5 Å². The molecule has 0 N–H and O–H groups in total. The van der Waals surface area contributed by atoms with Gasteiger partial charge in [0.15, 0.2) is 0 Å². The Hall–Kier alpha value is -7.29. The Labute approximate surface area is 345 Å². The van der Waals surface area contributed by atoms with E-state index in [2.05, 4.69) is 217 Å². The van der Waals surface area contributed by atoms with Gasteiger partial charge in [0.2, 0.25) is 0 Å². The molecule has 4 aliphatic heterocycles. The Morgan fingerprint density at radius 1 is 0.288 bits per heavy atom. The summed E-state index contributed by atoms with van der Waals surface area (Å²) < 4.78 is 0. The molecule has 0 bridgehead atoms. The number of hydrogen-bond donors (Lipinski definition) is 0. The van der Waals surface area contributed by atoms with Crippen LogP contribution in [0.4, 0.5) is 22.7 Å². The Morgan fingerprint density at radius 2 is 0.695 bits per heavy atom. The van der Waals surface area contributed by atoms with Crippen molar-refractivity contribution >= 4 is 58.3 Å². The molecule has 0 aromatic heterocycles. The molecule has 0 saturated carbocycles. The van der Waals surface area contributed by atoms with Crippen LogP contribution in [0.25, 0.3) is 66.8 Å². The van der Waals surface area contributed by atoms with Crippen LogP contribution in [0.3, 0.4) is 0 Å². The van der Waals surface area contributed by atoms with Crippen molar-refractivity contribution in [1.82, 2.24) is 0 Å². The highest BCUT2D eigenvalue weighted by molar-refractivity contribution is 6.96. The second-order valence-electron chi connectivity index (χ2n) is 16.5. The van der Waals surface area contributed by atoms with Crippen LogP contribution >= 0.6 is 0 Å². The quantitative estimate of drug-likeness (QED) is 0.166. The van der Waals surface area contributed by atoms with Crippen molar-refractivity contribution in [3.63, 3.8) is 0 Å². The van der Waals surface area contributed by atoms with Gasteiger partial charge in [0, 0.05) is 45.0 Å². The Kier molecular flexibility index (Phi) is 6.86. The third-order valence-corrected chi connectivity index (χ3v) is 13.3. The van der Waals surface area contributed by atoms with Gasteiger partial charge in [-0.1, -0.05) is 163 Å². The van der Waals surface area contributed by atoms with E-state index in [0.29, 0.717) is 0 Å². The van der Waals surface area contributed by atoms with Gasteiger partial charge < -0.3 is 9.62 Å². The summed E-state index contributed by atoms with van der Waals surface area (Å²) in [4.78, 5) is 5.32. The minimum Gasteiger partial charge on any atom is -0.376 e. The van der Waals surface area contributed by atoms with Crippen molar-refractivity contribution in [2.75, 3.05) is 9.62 Å². The van der Waals surface area contributed by atoms with Crippen LogP contribution in [0, 0.1) is 6.92 Å². The first-order chi connectivity index (χ1) is 29.2. The first-order valence-electron chi connectivity index (χ1n) is 20.7. The van der Waals surface area contributed by atoms with Crippen LogP contribution in [0.1, 0.15) is 5.56 Å². The average molecular weight is 747 g/mol. The lowest BCUT2D eigenvalue weighted by molar-refractivity contribution is 1.31. The fraction of sp³-hybridized carbons (Fsp3) is 0.0182. The molecule has 0 radical (unpaired) electrons. The molecule has 59 heavy (non-hydrogen) atoms. The number of anilines is 4. The summed E-state index contributed by atoms with van der Waals surface area (Å²) in [5, 5.41) is 0. The predicted octanol–water partition coefficient (Wildman–Crippen LogP) is 11.1. The Morgan fingerprint density at radius 3 is 1.17 bits per heavy atom. The molecule has 0 amide bonds. The highest BCUT2D eigenvalue weighted by Crippen LogP contribution is 2.53. The monoisotopic (exact) mass is 746 g/mol. The Bertz CT molecular complexity index is 3200. The molecule has 4 heteroatoms. The molecule has 9 aromatic rings. The van der Waals surface area contributed by atoms with E-state index in [1.54, 1.807) is 0 Å². The molecule has 0 spiro atoms. The van der Waals surface area contributed by atoms with Crippen molar-refractivity contribution in [2.45, 2.75) is 6.92 Å². The minimum absolute atomic E-state index is 0.00111. The second-order valence-corrected chi connectivity index (χ2v) is 16.5. The maximum absolute atomic E-state index is 2.66. The molecule has 272 valence electrons. The molecule has 0 aliphatic carbocycles. The van der Waals surface area contributed by atoms with Crippen molar-refractivity contribution < 1.29 is 0 Å². The van der Waals surface area contributed by atoms with E-state index >= 15 is 0 Å². The van der Waals surface area contributed by atoms with Gasteiger partial charge in [-0.15, -0.1) is 0 Å². The average Bonchev–Trinajstić information content (AvgIpc) is 3.31. The highest BCUT2D eigenvalue weighted by Gasteiger charge is 2.50. The summed E-state index contributed by atoms with van der Waals surface area (Å²) >= 11 is 0. The van der Waals surface area contributed by atoms with Gasteiger partial charge in [-0.05, 0) is 116 Å². The lowest BCUT2D eigenvalue weighted by Gasteiger charge is -2.50. The number of aryl methyl sites for hydroxylation is 1. The molecular formula is C55H36B2N2. The van der Waals surface area contributed by atoms with Crippen molar-refractivity contribution in [3.8, 4) is 66.8 Å². The normalized spacial score (nSPS) is 13.4. The maximum Gasteiger partial charge on any atom is 0.329 e. The molecule has 4 heterocycles. The smallest absolute Gasteiger partial charge is 0.329 e. The van der Waals surface area contributed by atoms with Crippen LogP contribution in [0.15, 0.2) is 200 Å². The van der Waals surface area contributed by atoms with E-state index in [9.17, 15) is 0 Å². The largest absolute Gasteiger partial charge is 0.376 e. The summed E-state index contributed by atoms with van der Waals surface area (Å²) in [6.45, 7) is 2.25. The van der Waals surface area contributed by atoms with Crippen LogP contribution in [-0.2, 0) is 0 Å². The molecule has 0 atom stereocenters. The first-order valence-corrected chi connectivity index (χ1v) is 20.7. The Balaban J connectivity index is 1.08. The van der Waals surface area contributed by atoms with Gasteiger partial charge in [0.25, 0.3) is 0 Å². The lowest BCUT2D eigenvalue weighted by atomic mass is 9.38. The SMILES string of the molecule is Cc1ccc2c(c1)-c1cc(-c3ccccc3)ccc1N1B2c2cccc3c2-c2c(cccc21)B1c2ccc(-c4ccccc4)cc2-c2cc(-c4ccccc4)ccc2N13. The van der Waals surface area contributed by atoms with Gasteiger partial charge in [0.05, 0.1) is 0 Å².